The Balaban J connectivity index is 2.17. The van der Waals surface area contributed by atoms with Gasteiger partial charge in [0.05, 0.1) is 11.6 Å². The first-order valence-corrected chi connectivity index (χ1v) is 6.12. The number of nitrogens with one attached hydrogen (secondary N) is 1. The summed E-state index contributed by atoms with van der Waals surface area (Å²) in [6.07, 6.45) is -1.27. The molecule has 0 spiro atoms. The maximum atomic E-state index is 12.4. The van der Waals surface area contributed by atoms with Crippen molar-refractivity contribution in [1.82, 2.24) is 4.72 Å². The molecular weight excluding hydrogens is 247 g/mol. The first-order valence-electron chi connectivity index (χ1n) is 5.31. The quantitative estimate of drug-likeness (QED) is 0.795. The number of alkyl halides is 3. The molecule has 0 radical (unpaired) electrons. The zero-order valence-corrected chi connectivity index (χ0v) is 10.0. The minimum Gasteiger partial charge on any atom is -0.249 e. The molecule has 1 nitrogen and oxygen atoms in total. The molecule has 2 rings (SSSR count). The molecule has 0 amide bonds. The van der Waals surface area contributed by atoms with E-state index in [9.17, 15) is 13.2 Å². The van der Waals surface area contributed by atoms with Crippen molar-refractivity contribution in [1.29, 1.82) is 0 Å². The minimum absolute atomic E-state index is 0.0113. The number of allylic oxidation sites excluding steroid dienone is 1. The summed E-state index contributed by atoms with van der Waals surface area (Å²) in [5.74, 6) is 0. The largest absolute Gasteiger partial charge is 0.416 e. The highest BCUT2D eigenvalue weighted by molar-refractivity contribution is 8.01. The van der Waals surface area contributed by atoms with Crippen LogP contribution in [0.15, 0.2) is 35.2 Å². The molecule has 0 saturated carbocycles. The lowest BCUT2D eigenvalue weighted by Gasteiger charge is -2.10. The summed E-state index contributed by atoms with van der Waals surface area (Å²) in [4.78, 5) is 1.22. The van der Waals surface area contributed by atoms with Gasteiger partial charge in [0.1, 0.15) is 0 Å². The van der Waals surface area contributed by atoms with Crippen molar-refractivity contribution in [2.45, 2.75) is 25.6 Å². The Kier molecular flexibility index (Phi) is 3.49. The predicted octanol–water partition coefficient (Wildman–Crippen LogP) is 4.29. The zero-order chi connectivity index (χ0) is 12.5. The van der Waals surface area contributed by atoms with E-state index < -0.39 is 11.7 Å². The summed E-state index contributed by atoms with van der Waals surface area (Å²) in [7, 11) is 0. The number of hydrogen-bond acceptors (Lipinski definition) is 2. The Labute approximate surface area is 102 Å². The van der Waals surface area contributed by atoms with Crippen LogP contribution < -0.4 is 4.72 Å². The molecule has 1 N–H and O–H groups in total. The monoisotopic (exact) mass is 259 g/mol. The van der Waals surface area contributed by atoms with Crippen LogP contribution in [0.25, 0.3) is 0 Å². The third kappa shape index (κ3) is 2.84. The van der Waals surface area contributed by atoms with Crippen LogP contribution in [0.5, 0.6) is 0 Å². The number of rotatable bonds is 2. The Morgan fingerprint density at radius 3 is 2.35 bits per heavy atom. The first kappa shape index (κ1) is 12.5. The number of halogens is 3. The van der Waals surface area contributed by atoms with E-state index in [1.165, 1.54) is 17.0 Å². The van der Waals surface area contributed by atoms with E-state index in [1.54, 1.807) is 11.9 Å². The second kappa shape index (κ2) is 4.74. The van der Waals surface area contributed by atoms with Crippen LogP contribution in [0.2, 0.25) is 0 Å². The van der Waals surface area contributed by atoms with E-state index in [4.69, 9.17) is 0 Å². The van der Waals surface area contributed by atoms with Crippen molar-refractivity contribution >= 4 is 11.9 Å². The molecule has 0 fully saturated rings. The van der Waals surface area contributed by atoms with Crippen LogP contribution in [0.4, 0.5) is 13.2 Å². The summed E-state index contributed by atoms with van der Waals surface area (Å²) in [6, 6.07) is 5.31. The molecule has 1 aliphatic rings. The summed E-state index contributed by atoms with van der Waals surface area (Å²) in [5, 5.41) is 0. The lowest BCUT2D eigenvalue weighted by molar-refractivity contribution is -0.137. The molecule has 1 aliphatic heterocycles. The molecular formula is C12H12F3NS. The fourth-order valence-corrected chi connectivity index (χ4v) is 2.46. The lowest BCUT2D eigenvalue weighted by atomic mass is 10.0. The molecule has 0 saturated heterocycles. The van der Waals surface area contributed by atoms with Crippen LogP contribution in [0, 0.1) is 0 Å². The fourth-order valence-electron chi connectivity index (χ4n) is 1.63. The van der Waals surface area contributed by atoms with Gasteiger partial charge < -0.3 is 0 Å². The normalized spacial score (nSPS) is 20.5. The van der Waals surface area contributed by atoms with Crippen molar-refractivity contribution < 1.29 is 13.2 Å². The molecule has 0 aliphatic carbocycles. The highest BCUT2D eigenvalue weighted by Gasteiger charge is 2.30. The Bertz CT molecular complexity index is 422. The van der Waals surface area contributed by atoms with Crippen LogP contribution in [-0.4, -0.2) is 0 Å². The third-order valence-electron chi connectivity index (χ3n) is 2.62. The Hall–Kier alpha value is -0.940. The third-order valence-corrected chi connectivity index (χ3v) is 3.67. The molecule has 92 valence electrons. The highest BCUT2D eigenvalue weighted by atomic mass is 32.2. The molecule has 1 aromatic carbocycles. The van der Waals surface area contributed by atoms with Gasteiger partial charge in [0.25, 0.3) is 0 Å². The molecule has 5 heteroatoms. The molecule has 0 aromatic heterocycles. The molecule has 1 unspecified atom stereocenters. The standard InChI is InChI=1S/C12H12F3NS/c1-2-10-7-11(16-17-10)8-3-5-9(6-4-8)12(13,14)15/h3-7,11,16H,2H2,1H3. The number of benzene rings is 1. The van der Waals surface area contributed by atoms with Gasteiger partial charge in [-0.25, -0.2) is 4.72 Å². The van der Waals surface area contributed by atoms with Crippen molar-refractivity contribution in [2.75, 3.05) is 0 Å². The molecule has 1 heterocycles. The Morgan fingerprint density at radius 1 is 1.24 bits per heavy atom. The molecule has 1 atom stereocenters. The smallest absolute Gasteiger partial charge is 0.249 e. The van der Waals surface area contributed by atoms with E-state index in [0.29, 0.717) is 0 Å². The van der Waals surface area contributed by atoms with Gasteiger partial charge in [0, 0.05) is 0 Å². The van der Waals surface area contributed by atoms with Crippen molar-refractivity contribution in [3.05, 3.63) is 46.4 Å². The number of hydrogen-bond donors (Lipinski definition) is 1. The maximum Gasteiger partial charge on any atom is 0.416 e. The van der Waals surface area contributed by atoms with Gasteiger partial charge in [-0.2, -0.15) is 13.2 Å². The lowest BCUT2D eigenvalue weighted by Crippen LogP contribution is -2.08. The van der Waals surface area contributed by atoms with E-state index in [2.05, 4.69) is 11.6 Å². The molecule has 17 heavy (non-hydrogen) atoms. The van der Waals surface area contributed by atoms with Gasteiger partial charge in [0.2, 0.25) is 0 Å². The zero-order valence-electron chi connectivity index (χ0n) is 9.21. The van der Waals surface area contributed by atoms with Gasteiger partial charge >= 0.3 is 6.18 Å². The van der Waals surface area contributed by atoms with Gasteiger partial charge in [-0.1, -0.05) is 25.1 Å². The fraction of sp³-hybridized carbons (Fsp3) is 0.333. The molecule has 1 aromatic rings. The second-order valence-corrected chi connectivity index (χ2v) is 4.77. The summed E-state index contributed by atoms with van der Waals surface area (Å²) in [5.41, 5.74) is 0.251. The van der Waals surface area contributed by atoms with Crippen LogP contribution >= 0.6 is 11.9 Å². The molecule has 0 bridgehead atoms. The van der Waals surface area contributed by atoms with Gasteiger partial charge in [-0.05, 0) is 41.0 Å². The summed E-state index contributed by atoms with van der Waals surface area (Å²) in [6.45, 7) is 2.05. The second-order valence-electron chi connectivity index (χ2n) is 3.80. The van der Waals surface area contributed by atoms with Crippen molar-refractivity contribution in [2.24, 2.45) is 0 Å². The van der Waals surface area contributed by atoms with E-state index in [0.717, 1.165) is 24.1 Å². The minimum atomic E-state index is -4.26. The summed E-state index contributed by atoms with van der Waals surface area (Å²) < 4.78 is 40.3. The van der Waals surface area contributed by atoms with Gasteiger partial charge in [0.15, 0.2) is 0 Å². The van der Waals surface area contributed by atoms with Gasteiger partial charge in [-0.3, -0.25) is 0 Å². The van der Waals surface area contributed by atoms with E-state index in [1.807, 2.05) is 6.08 Å². The highest BCUT2D eigenvalue weighted by Crippen LogP contribution is 2.34. The summed E-state index contributed by atoms with van der Waals surface area (Å²) >= 11 is 1.54. The Morgan fingerprint density at radius 2 is 1.88 bits per heavy atom. The van der Waals surface area contributed by atoms with E-state index in [-0.39, 0.29) is 6.04 Å². The average Bonchev–Trinajstić information content (AvgIpc) is 2.76. The topological polar surface area (TPSA) is 12.0 Å². The SMILES string of the molecule is CCC1=CC(c2ccc(C(F)(F)F)cc2)NS1. The van der Waals surface area contributed by atoms with Crippen molar-refractivity contribution in [3.63, 3.8) is 0 Å². The predicted molar refractivity (Wildman–Crippen MR) is 63.3 cm³/mol. The maximum absolute atomic E-state index is 12.4. The van der Waals surface area contributed by atoms with Crippen molar-refractivity contribution in [3.8, 4) is 0 Å². The van der Waals surface area contributed by atoms with Crippen LogP contribution in [0.3, 0.4) is 0 Å². The average molecular weight is 259 g/mol. The van der Waals surface area contributed by atoms with E-state index >= 15 is 0 Å². The first-order chi connectivity index (χ1) is 8.00. The van der Waals surface area contributed by atoms with Crippen LogP contribution in [0.1, 0.15) is 30.5 Å². The van der Waals surface area contributed by atoms with Gasteiger partial charge in [-0.15, -0.1) is 0 Å². The van der Waals surface area contributed by atoms with Crippen LogP contribution in [-0.2, 0) is 6.18 Å².